The number of rotatable bonds is 4. The van der Waals surface area contributed by atoms with Crippen LogP contribution >= 0.6 is 24.0 Å². The smallest absolute Gasteiger partial charge is 0.122 e. The lowest BCUT2D eigenvalue weighted by atomic mass is 10.0. The van der Waals surface area contributed by atoms with Crippen molar-refractivity contribution in [3.8, 4) is 5.75 Å². The van der Waals surface area contributed by atoms with Crippen molar-refractivity contribution in [2.45, 2.75) is 26.2 Å². The summed E-state index contributed by atoms with van der Waals surface area (Å²) in [5.74, 6) is 1.63. The molecule has 0 radical (unpaired) electrons. The first kappa shape index (κ1) is 15.6. The molecule has 2 nitrogen and oxygen atoms in total. The van der Waals surface area contributed by atoms with Gasteiger partial charge in [0.15, 0.2) is 0 Å². The fourth-order valence-corrected chi connectivity index (χ4v) is 2.43. The van der Waals surface area contributed by atoms with E-state index in [0.717, 1.165) is 36.9 Å². The third-order valence-electron chi connectivity index (χ3n) is 3.28. The van der Waals surface area contributed by atoms with Gasteiger partial charge in [0.05, 0.1) is 6.61 Å². The molecule has 102 valence electrons. The van der Waals surface area contributed by atoms with E-state index in [1.54, 1.807) is 0 Å². The number of piperidine rings is 1. The average molecular weight is 290 g/mol. The van der Waals surface area contributed by atoms with Gasteiger partial charge in [-0.15, -0.1) is 12.4 Å². The van der Waals surface area contributed by atoms with E-state index in [0.29, 0.717) is 5.92 Å². The minimum Gasteiger partial charge on any atom is -0.493 e. The largest absolute Gasteiger partial charge is 0.493 e. The number of hydrogen-bond donors (Lipinski definition) is 1. The summed E-state index contributed by atoms with van der Waals surface area (Å²) in [6.45, 7) is 5.16. The Labute approximate surface area is 120 Å². The molecule has 1 atom stereocenters. The Bertz CT molecular complexity index is 365. The van der Waals surface area contributed by atoms with Gasteiger partial charge in [-0.25, -0.2) is 0 Å². The maximum atomic E-state index is 5.98. The fraction of sp³-hybridized carbons (Fsp3) is 0.571. The predicted molar refractivity (Wildman–Crippen MR) is 79.2 cm³/mol. The highest BCUT2D eigenvalue weighted by molar-refractivity contribution is 6.30. The third kappa shape index (κ3) is 4.34. The molecule has 0 saturated carbocycles. The van der Waals surface area contributed by atoms with Gasteiger partial charge < -0.3 is 10.1 Å². The summed E-state index contributed by atoms with van der Waals surface area (Å²) in [5, 5.41) is 4.19. The predicted octanol–water partition coefficient (Wildman–Crippen LogP) is 3.70. The van der Waals surface area contributed by atoms with Crippen molar-refractivity contribution in [3.05, 3.63) is 28.8 Å². The second kappa shape index (κ2) is 7.88. The maximum absolute atomic E-state index is 5.98. The molecule has 1 aromatic rings. The summed E-state index contributed by atoms with van der Waals surface area (Å²) in [6, 6.07) is 5.88. The van der Waals surface area contributed by atoms with E-state index < -0.39 is 0 Å². The molecule has 1 unspecified atom stereocenters. The molecule has 1 aromatic carbocycles. The molecule has 18 heavy (non-hydrogen) atoms. The molecule has 1 aliphatic rings. The molecular weight excluding hydrogens is 269 g/mol. The number of aryl methyl sites for hydroxylation is 1. The van der Waals surface area contributed by atoms with Crippen LogP contribution in [0.2, 0.25) is 5.02 Å². The minimum atomic E-state index is 0. The maximum Gasteiger partial charge on any atom is 0.122 e. The molecule has 0 aliphatic carbocycles. The molecule has 2 rings (SSSR count). The molecule has 0 amide bonds. The summed E-state index contributed by atoms with van der Waals surface area (Å²) in [7, 11) is 0. The van der Waals surface area contributed by atoms with Crippen molar-refractivity contribution in [1.82, 2.24) is 5.32 Å². The van der Waals surface area contributed by atoms with Gasteiger partial charge in [-0.2, -0.15) is 0 Å². The van der Waals surface area contributed by atoms with Crippen molar-refractivity contribution < 1.29 is 4.74 Å². The number of nitrogens with one attached hydrogen (secondary N) is 1. The monoisotopic (exact) mass is 289 g/mol. The van der Waals surface area contributed by atoms with Gasteiger partial charge in [-0.1, -0.05) is 18.5 Å². The van der Waals surface area contributed by atoms with E-state index in [4.69, 9.17) is 16.3 Å². The topological polar surface area (TPSA) is 21.3 Å². The van der Waals surface area contributed by atoms with Crippen LogP contribution in [-0.4, -0.2) is 19.7 Å². The van der Waals surface area contributed by atoms with Gasteiger partial charge in [0.1, 0.15) is 5.75 Å². The van der Waals surface area contributed by atoms with Crippen LogP contribution in [0.1, 0.15) is 25.3 Å². The Balaban J connectivity index is 0.00000162. The molecule has 0 spiro atoms. The van der Waals surface area contributed by atoms with Crippen LogP contribution in [0.5, 0.6) is 5.75 Å². The SMILES string of the molecule is CCc1cc(Cl)ccc1OCC1CCCNC1.Cl. The summed E-state index contributed by atoms with van der Waals surface area (Å²) in [4.78, 5) is 0. The number of benzene rings is 1. The first-order valence-corrected chi connectivity index (χ1v) is 6.79. The summed E-state index contributed by atoms with van der Waals surface area (Å²) in [6.07, 6.45) is 3.48. The number of ether oxygens (including phenoxy) is 1. The van der Waals surface area contributed by atoms with Gasteiger partial charge in [-0.05, 0) is 49.6 Å². The Morgan fingerprint density at radius 2 is 2.28 bits per heavy atom. The highest BCUT2D eigenvalue weighted by atomic mass is 35.5. The van der Waals surface area contributed by atoms with Crippen molar-refractivity contribution in [2.75, 3.05) is 19.7 Å². The number of halogens is 2. The summed E-state index contributed by atoms with van der Waals surface area (Å²) in [5.41, 5.74) is 1.20. The van der Waals surface area contributed by atoms with E-state index in [-0.39, 0.29) is 12.4 Å². The van der Waals surface area contributed by atoms with Crippen molar-refractivity contribution >= 4 is 24.0 Å². The minimum absolute atomic E-state index is 0. The Morgan fingerprint density at radius 1 is 1.44 bits per heavy atom. The zero-order valence-corrected chi connectivity index (χ0v) is 12.3. The lowest BCUT2D eigenvalue weighted by Crippen LogP contribution is -2.33. The van der Waals surface area contributed by atoms with Crippen molar-refractivity contribution in [3.63, 3.8) is 0 Å². The van der Waals surface area contributed by atoms with Gasteiger partial charge in [0, 0.05) is 17.5 Å². The number of hydrogen-bond acceptors (Lipinski definition) is 2. The van der Waals surface area contributed by atoms with Crippen LogP contribution in [0.25, 0.3) is 0 Å². The zero-order valence-electron chi connectivity index (χ0n) is 10.7. The van der Waals surface area contributed by atoms with Crippen LogP contribution in [0.4, 0.5) is 0 Å². The molecule has 1 saturated heterocycles. The second-order valence-corrected chi connectivity index (χ2v) is 5.07. The molecule has 0 bridgehead atoms. The van der Waals surface area contributed by atoms with E-state index in [1.165, 1.54) is 18.4 Å². The molecule has 1 N–H and O–H groups in total. The van der Waals surface area contributed by atoms with E-state index in [1.807, 2.05) is 18.2 Å². The first-order valence-electron chi connectivity index (χ1n) is 6.41. The lowest BCUT2D eigenvalue weighted by molar-refractivity contribution is 0.217. The fourth-order valence-electron chi connectivity index (χ4n) is 2.24. The van der Waals surface area contributed by atoms with Crippen LogP contribution in [0.15, 0.2) is 18.2 Å². The second-order valence-electron chi connectivity index (χ2n) is 4.63. The molecular formula is C14H21Cl2NO. The highest BCUT2D eigenvalue weighted by Crippen LogP contribution is 2.24. The molecule has 1 heterocycles. The van der Waals surface area contributed by atoms with Crippen LogP contribution in [-0.2, 0) is 6.42 Å². The van der Waals surface area contributed by atoms with E-state index in [2.05, 4.69) is 12.2 Å². The zero-order chi connectivity index (χ0) is 12.1. The quantitative estimate of drug-likeness (QED) is 0.913. The van der Waals surface area contributed by atoms with Crippen LogP contribution in [0, 0.1) is 5.92 Å². The van der Waals surface area contributed by atoms with Gasteiger partial charge in [0.2, 0.25) is 0 Å². The highest BCUT2D eigenvalue weighted by Gasteiger charge is 2.14. The third-order valence-corrected chi connectivity index (χ3v) is 3.51. The van der Waals surface area contributed by atoms with E-state index >= 15 is 0 Å². The van der Waals surface area contributed by atoms with Gasteiger partial charge >= 0.3 is 0 Å². The van der Waals surface area contributed by atoms with Crippen LogP contribution < -0.4 is 10.1 Å². The normalized spacial score (nSPS) is 19.1. The molecule has 1 aliphatic heterocycles. The Kier molecular flexibility index (Phi) is 6.83. The van der Waals surface area contributed by atoms with Gasteiger partial charge in [0.25, 0.3) is 0 Å². The van der Waals surface area contributed by atoms with Gasteiger partial charge in [-0.3, -0.25) is 0 Å². The standard InChI is InChI=1S/C14H20ClNO.ClH/c1-2-12-8-13(15)5-6-14(12)17-10-11-4-3-7-16-9-11;/h5-6,8,11,16H,2-4,7,9-10H2,1H3;1H. The van der Waals surface area contributed by atoms with E-state index in [9.17, 15) is 0 Å². The Morgan fingerprint density at radius 3 is 2.94 bits per heavy atom. The molecule has 4 heteroatoms. The Hall–Kier alpha value is -0.440. The molecule has 0 aromatic heterocycles. The average Bonchev–Trinajstić information content (AvgIpc) is 2.38. The summed E-state index contributed by atoms with van der Waals surface area (Å²) >= 11 is 5.98. The first-order chi connectivity index (χ1) is 8.29. The summed E-state index contributed by atoms with van der Waals surface area (Å²) < 4.78 is 5.92. The van der Waals surface area contributed by atoms with Crippen LogP contribution in [0.3, 0.4) is 0 Å². The van der Waals surface area contributed by atoms with Crippen molar-refractivity contribution in [1.29, 1.82) is 0 Å². The molecule has 1 fully saturated rings. The lowest BCUT2D eigenvalue weighted by Gasteiger charge is -2.23. The van der Waals surface area contributed by atoms with Crippen molar-refractivity contribution in [2.24, 2.45) is 5.92 Å².